The second kappa shape index (κ2) is 5.86. The number of amides is 1. The van der Waals surface area contributed by atoms with Gasteiger partial charge >= 0.3 is 0 Å². The fraction of sp³-hybridized carbons (Fsp3) is 0.600. The van der Waals surface area contributed by atoms with Gasteiger partial charge < -0.3 is 15.2 Å². The quantitative estimate of drug-likeness (QED) is 0.798. The van der Waals surface area contributed by atoms with Gasteiger partial charge in [-0.25, -0.2) is 4.98 Å². The zero-order valence-corrected chi connectivity index (χ0v) is 10.1. The smallest absolute Gasteiger partial charge is 0.271 e. The Labute approximate surface area is 101 Å². The zero-order valence-electron chi connectivity index (χ0n) is 9.27. The van der Waals surface area contributed by atoms with Crippen molar-refractivity contribution in [3.63, 3.8) is 0 Å². The molecule has 90 valence electrons. The standard InChI is InChI=1S/C10H16N4O.ClH/c1-14-6-9(13-7-14)10(15)12-5-8-2-3-11-4-8;/h6-8,11H,2-5H2,1H3,(H,12,15);1H. The summed E-state index contributed by atoms with van der Waals surface area (Å²) in [7, 11) is 1.85. The lowest BCUT2D eigenvalue weighted by atomic mass is 10.1. The predicted molar refractivity (Wildman–Crippen MR) is 63.8 cm³/mol. The van der Waals surface area contributed by atoms with E-state index >= 15 is 0 Å². The van der Waals surface area contributed by atoms with Crippen molar-refractivity contribution in [2.75, 3.05) is 19.6 Å². The number of carbonyl (C=O) groups excluding carboxylic acids is 1. The van der Waals surface area contributed by atoms with Crippen molar-refractivity contribution in [3.8, 4) is 0 Å². The van der Waals surface area contributed by atoms with Gasteiger partial charge in [0.05, 0.1) is 6.33 Å². The number of nitrogens with zero attached hydrogens (tertiary/aromatic N) is 2. The van der Waals surface area contributed by atoms with Gasteiger partial charge in [0.2, 0.25) is 0 Å². The molecule has 0 aliphatic carbocycles. The average molecular weight is 245 g/mol. The van der Waals surface area contributed by atoms with Crippen LogP contribution >= 0.6 is 12.4 Å². The van der Waals surface area contributed by atoms with Crippen molar-refractivity contribution < 1.29 is 4.79 Å². The van der Waals surface area contributed by atoms with Crippen LogP contribution in [0.5, 0.6) is 0 Å². The highest BCUT2D eigenvalue weighted by Gasteiger charge is 2.16. The van der Waals surface area contributed by atoms with Crippen LogP contribution in [0.2, 0.25) is 0 Å². The van der Waals surface area contributed by atoms with E-state index in [0.717, 1.165) is 26.1 Å². The Balaban J connectivity index is 0.00000128. The minimum Gasteiger partial charge on any atom is -0.350 e. The number of carbonyl (C=O) groups is 1. The van der Waals surface area contributed by atoms with Crippen molar-refractivity contribution in [1.29, 1.82) is 0 Å². The molecular formula is C10H17ClN4O. The summed E-state index contributed by atoms with van der Waals surface area (Å²) in [6.45, 7) is 2.80. The molecule has 16 heavy (non-hydrogen) atoms. The van der Waals surface area contributed by atoms with Crippen LogP contribution in [0.4, 0.5) is 0 Å². The molecule has 1 aromatic heterocycles. The molecular weight excluding hydrogens is 228 g/mol. The van der Waals surface area contributed by atoms with Crippen molar-refractivity contribution in [1.82, 2.24) is 20.2 Å². The summed E-state index contributed by atoms with van der Waals surface area (Å²) in [5.74, 6) is 0.486. The predicted octanol–water partition coefficient (Wildman–Crippen LogP) is 0.181. The summed E-state index contributed by atoms with van der Waals surface area (Å²) in [4.78, 5) is 15.6. The number of aryl methyl sites for hydroxylation is 1. The Bertz CT molecular complexity index is 346. The molecule has 1 aliphatic heterocycles. The number of imidazole rings is 1. The first kappa shape index (κ1) is 13.0. The Morgan fingerprint density at radius 3 is 3.12 bits per heavy atom. The van der Waals surface area contributed by atoms with E-state index in [1.165, 1.54) is 0 Å². The Morgan fingerprint density at radius 1 is 1.75 bits per heavy atom. The normalized spacial score (nSPS) is 19.2. The first-order valence-electron chi connectivity index (χ1n) is 5.22. The highest BCUT2D eigenvalue weighted by atomic mass is 35.5. The molecule has 1 fully saturated rings. The molecule has 1 unspecified atom stereocenters. The third-order valence-electron chi connectivity index (χ3n) is 2.65. The van der Waals surface area contributed by atoms with Gasteiger partial charge in [0.1, 0.15) is 5.69 Å². The van der Waals surface area contributed by atoms with Crippen LogP contribution in [0.25, 0.3) is 0 Å². The maximum absolute atomic E-state index is 11.6. The van der Waals surface area contributed by atoms with E-state index in [4.69, 9.17) is 0 Å². The minimum absolute atomic E-state index is 0. The van der Waals surface area contributed by atoms with Gasteiger partial charge in [0.15, 0.2) is 0 Å². The molecule has 6 heteroatoms. The average Bonchev–Trinajstić information content (AvgIpc) is 2.84. The topological polar surface area (TPSA) is 59.0 Å². The summed E-state index contributed by atoms with van der Waals surface area (Å²) in [6.07, 6.45) is 4.50. The van der Waals surface area contributed by atoms with Crippen LogP contribution in [0.1, 0.15) is 16.9 Å². The van der Waals surface area contributed by atoms with Gasteiger partial charge in [-0.3, -0.25) is 4.79 Å². The molecule has 1 atom stereocenters. The third kappa shape index (κ3) is 3.21. The number of aromatic nitrogens is 2. The largest absolute Gasteiger partial charge is 0.350 e. The lowest BCUT2D eigenvalue weighted by Gasteiger charge is -2.08. The molecule has 2 rings (SSSR count). The van der Waals surface area contributed by atoms with Gasteiger partial charge in [-0.2, -0.15) is 0 Å². The maximum Gasteiger partial charge on any atom is 0.271 e. The molecule has 2 N–H and O–H groups in total. The van der Waals surface area contributed by atoms with Crippen LogP contribution in [-0.2, 0) is 7.05 Å². The van der Waals surface area contributed by atoms with Crippen molar-refractivity contribution >= 4 is 18.3 Å². The lowest BCUT2D eigenvalue weighted by Crippen LogP contribution is -2.30. The Hall–Kier alpha value is -1.07. The maximum atomic E-state index is 11.6. The number of hydrogen-bond donors (Lipinski definition) is 2. The van der Waals surface area contributed by atoms with Crippen molar-refractivity contribution in [2.24, 2.45) is 13.0 Å². The number of halogens is 1. The lowest BCUT2D eigenvalue weighted by molar-refractivity contribution is 0.0943. The van der Waals surface area contributed by atoms with Crippen LogP contribution in [-0.4, -0.2) is 35.1 Å². The number of hydrogen-bond acceptors (Lipinski definition) is 3. The highest BCUT2D eigenvalue weighted by molar-refractivity contribution is 5.91. The first-order chi connectivity index (χ1) is 7.25. The van der Waals surface area contributed by atoms with Gasteiger partial charge in [0.25, 0.3) is 5.91 Å². The highest BCUT2D eigenvalue weighted by Crippen LogP contribution is 2.05. The Kier molecular flexibility index (Phi) is 4.76. The molecule has 1 aliphatic rings. The van der Waals surface area contributed by atoms with E-state index < -0.39 is 0 Å². The van der Waals surface area contributed by atoms with Crippen molar-refractivity contribution in [3.05, 3.63) is 18.2 Å². The second-order valence-corrected chi connectivity index (χ2v) is 3.99. The number of rotatable bonds is 3. The monoisotopic (exact) mass is 244 g/mol. The summed E-state index contributed by atoms with van der Waals surface area (Å²) >= 11 is 0. The first-order valence-corrected chi connectivity index (χ1v) is 5.22. The van der Waals surface area contributed by atoms with Crippen LogP contribution in [0.3, 0.4) is 0 Å². The van der Waals surface area contributed by atoms with E-state index in [0.29, 0.717) is 11.6 Å². The van der Waals surface area contributed by atoms with E-state index in [1.807, 2.05) is 7.05 Å². The molecule has 0 saturated carbocycles. The molecule has 0 bridgehead atoms. The van der Waals surface area contributed by atoms with Crippen LogP contribution in [0.15, 0.2) is 12.5 Å². The van der Waals surface area contributed by atoms with Crippen molar-refractivity contribution in [2.45, 2.75) is 6.42 Å². The van der Waals surface area contributed by atoms with E-state index in [2.05, 4.69) is 15.6 Å². The minimum atomic E-state index is -0.0810. The van der Waals surface area contributed by atoms with Gasteiger partial charge in [0, 0.05) is 19.8 Å². The molecule has 1 amide bonds. The van der Waals surface area contributed by atoms with Gasteiger partial charge in [-0.05, 0) is 25.4 Å². The molecule has 5 nitrogen and oxygen atoms in total. The van der Waals surface area contributed by atoms with Gasteiger partial charge in [-0.1, -0.05) is 0 Å². The molecule has 0 aromatic carbocycles. The van der Waals surface area contributed by atoms with Gasteiger partial charge in [-0.15, -0.1) is 12.4 Å². The molecule has 0 radical (unpaired) electrons. The van der Waals surface area contributed by atoms with E-state index in [-0.39, 0.29) is 18.3 Å². The van der Waals surface area contributed by atoms with E-state index in [9.17, 15) is 4.79 Å². The second-order valence-electron chi connectivity index (χ2n) is 3.99. The molecule has 2 heterocycles. The molecule has 1 aromatic rings. The molecule has 0 spiro atoms. The summed E-state index contributed by atoms with van der Waals surface area (Å²) in [5.41, 5.74) is 0.489. The van der Waals surface area contributed by atoms with Crippen LogP contribution in [0, 0.1) is 5.92 Å². The summed E-state index contributed by atoms with van der Waals surface area (Å²) in [5, 5.41) is 6.17. The third-order valence-corrected chi connectivity index (χ3v) is 2.65. The Morgan fingerprint density at radius 2 is 2.56 bits per heavy atom. The fourth-order valence-electron chi connectivity index (χ4n) is 1.75. The van der Waals surface area contributed by atoms with E-state index in [1.54, 1.807) is 17.1 Å². The summed E-state index contributed by atoms with van der Waals surface area (Å²) < 4.78 is 1.77. The molecule has 1 saturated heterocycles. The SMILES string of the molecule is Cl.Cn1cnc(C(=O)NCC2CCNC2)c1. The zero-order chi connectivity index (χ0) is 10.7. The van der Waals surface area contributed by atoms with Crippen LogP contribution < -0.4 is 10.6 Å². The summed E-state index contributed by atoms with van der Waals surface area (Å²) in [6, 6.07) is 0. The number of nitrogens with one attached hydrogen (secondary N) is 2. The fourth-order valence-corrected chi connectivity index (χ4v) is 1.75.